The van der Waals surface area contributed by atoms with E-state index < -0.39 is 5.72 Å². The zero-order valence-corrected chi connectivity index (χ0v) is 10.5. The first-order valence-electron chi connectivity index (χ1n) is 6.19. The molecule has 0 spiro atoms. The molecule has 0 aliphatic heterocycles. The second-order valence-corrected chi connectivity index (χ2v) is 6.10. The summed E-state index contributed by atoms with van der Waals surface area (Å²) in [7, 11) is 0. The molecule has 0 bridgehead atoms. The van der Waals surface area contributed by atoms with Crippen molar-refractivity contribution in [2.24, 2.45) is 11.7 Å². The van der Waals surface area contributed by atoms with Crippen molar-refractivity contribution in [1.29, 1.82) is 0 Å². The lowest BCUT2D eigenvalue weighted by Crippen LogP contribution is -2.43. The molecule has 1 saturated carbocycles. The van der Waals surface area contributed by atoms with E-state index in [1.165, 1.54) is 37.0 Å². The number of nitrogens with two attached hydrogens (primary N) is 1. The summed E-state index contributed by atoms with van der Waals surface area (Å²) < 4.78 is 0. The van der Waals surface area contributed by atoms with Crippen LogP contribution in [0.15, 0.2) is 17.5 Å². The molecule has 16 heavy (non-hydrogen) atoms. The largest absolute Gasteiger partial charge is 0.376 e. The summed E-state index contributed by atoms with van der Waals surface area (Å²) >= 11 is 1.67. The normalized spacial score (nSPS) is 21.9. The standard InChI is InChI=1S/C13H21NOS/c14-13(15,10-12-7-4-8-16-12)9-11-5-2-1-3-6-11/h4,7-8,11,15H,1-3,5-6,9-10,14H2/t13-/m0/s1. The summed E-state index contributed by atoms with van der Waals surface area (Å²) in [4.78, 5) is 1.18. The summed E-state index contributed by atoms with van der Waals surface area (Å²) in [6, 6.07) is 4.06. The SMILES string of the molecule is N[C@@](O)(Cc1cccs1)CC1CCCCC1. The van der Waals surface area contributed by atoms with Gasteiger partial charge in [-0.1, -0.05) is 38.2 Å². The van der Waals surface area contributed by atoms with Gasteiger partial charge in [-0.3, -0.25) is 0 Å². The first kappa shape index (κ1) is 12.1. The van der Waals surface area contributed by atoms with E-state index in [2.05, 4.69) is 0 Å². The molecular formula is C13H21NOS. The lowest BCUT2D eigenvalue weighted by atomic mass is 9.83. The zero-order chi connectivity index (χ0) is 11.4. The Kier molecular flexibility index (Phi) is 4.00. The Morgan fingerprint density at radius 3 is 2.75 bits per heavy atom. The van der Waals surface area contributed by atoms with Crippen molar-refractivity contribution < 1.29 is 5.11 Å². The quantitative estimate of drug-likeness (QED) is 0.794. The molecule has 2 nitrogen and oxygen atoms in total. The van der Waals surface area contributed by atoms with Gasteiger partial charge in [-0.05, 0) is 23.8 Å². The van der Waals surface area contributed by atoms with E-state index in [1.54, 1.807) is 11.3 Å². The van der Waals surface area contributed by atoms with Crippen LogP contribution in [-0.4, -0.2) is 10.8 Å². The van der Waals surface area contributed by atoms with Crippen LogP contribution < -0.4 is 5.73 Å². The molecule has 1 atom stereocenters. The molecule has 1 aliphatic rings. The monoisotopic (exact) mass is 239 g/mol. The van der Waals surface area contributed by atoms with Crippen molar-refractivity contribution in [2.45, 2.75) is 50.7 Å². The highest BCUT2D eigenvalue weighted by molar-refractivity contribution is 7.09. The van der Waals surface area contributed by atoms with Crippen LogP contribution in [0, 0.1) is 5.92 Å². The number of thiophene rings is 1. The van der Waals surface area contributed by atoms with Gasteiger partial charge in [0.2, 0.25) is 0 Å². The molecule has 1 heterocycles. The van der Waals surface area contributed by atoms with Gasteiger partial charge in [-0.15, -0.1) is 11.3 Å². The minimum atomic E-state index is -1.01. The Labute approximate surface area is 101 Å². The van der Waals surface area contributed by atoms with E-state index >= 15 is 0 Å². The van der Waals surface area contributed by atoms with Crippen molar-refractivity contribution in [2.75, 3.05) is 0 Å². The van der Waals surface area contributed by atoms with Gasteiger partial charge in [-0.2, -0.15) is 0 Å². The van der Waals surface area contributed by atoms with Crippen molar-refractivity contribution in [3.8, 4) is 0 Å². The van der Waals surface area contributed by atoms with Crippen molar-refractivity contribution >= 4 is 11.3 Å². The lowest BCUT2D eigenvalue weighted by Gasteiger charge is -2.30. The van der Waals surface area contributed by atoms with E-state index in [0.717, 1.165) is 6.42 Å². The summed E-state index contributed by atoms with van der Waals surface area (Å²) in [5.74, 6) is 0.628. The smallest absolute Gasteiger partial charge is 0.118 e. The van der Waals surface area contributed by atoms with Crippen LogP contribution >= 0.6 is 11.3 Å². The minimum Gasteiger partial charge on any atom is -0.376 e. The third kappa shape index (κ3) is 3.58. The number of hydrogen-bond acceptors (Lipinski definition) is 3. The molecule has 0 saturated heterocycles. The Morgan fingerprint density at radius 2 is 2.12 bits per heavy atom. The van der Waals surface area contributed by atoms with Gasteiger partial charge >= 0.3 is 0 Å². The first-order chi connectivity index (χ1) is 7.66. The van der Waals surface area contributed by atoms with Crippen LogP contribution in [0.4, 0.5) is 0 Å². The van der Waals surface area contributed by atoms with Gasteiger partial charge < -0.3 is 10.8 Å². The van der Waals surface area contributed by atoms with Crippen LogP contribution in [0.25, 0.3) is 0 Å². The Balaban J connectivity index is 1.86. The van der Waals surface area contributed by atoms with Crippen LogP contribution in [0.1, 0.15) is 43.4 Å². The molecule has 1 aromatic rings. The minimum absolute atomic E-state index is 0.598. The Morgan fingerprint density at radius 1 is 1.38 bits per heavy atom. The zero-order valence-electron chi connectivity index (χ0n) is 9.69. The fourth-order valence-corrected chi connectivity index (χ4v) is 3.50. The summed E-state index contributed by atoms with van der Waals surface area (Å²) in [5, 5.41) is 12.3. The summed E-state index contributed by atoms with van der Waals surface area (Å²) in [5.41, 5.74) is 4.99. The molecule has 0 unspecified atom stereocenters. The third-order valence-corrected chi connectivity index (χ3v) is 4.30. The van der Waals surface area contributed by atoms with Gasteiger partial charge in [0.25, 0.3) is 0 Å². The predicted molar refractivity (Wildman–Crippen MR) is 68.4 cm³/mol. The van der Waals surface area contributed by atoms with Crippen LogP contribution in [0.3, 0.4) is 0 Å². The van der Waals surface area contributed by atoms with E-state index in [0.29, 0.717) is 12.3 Å². The van der Waals surface area contributed by atoms with Gasteiger partial charge in [0.15, 0.2) is 0 Å². The molecule has 1 fully saturated rings. The van der Waals surface area contributed by atoms with E-state index in [9.17, 15) is 5.11 Å². The summed E-state index contributed by atoms with van der Waals surface area (Å²) in [6.07, 6.45) is 7.80. The highest BCUT2D eigenvalue weighted by Gasteiger charge is 2.27. The molecule has 3 N–H and O–H groups in total. The first-order valence-corrected chi connectivity index (χ1v) is 7.07. The topological polar surface area (TPSA) is 46.2 Å². The molecular weight excluding hydrogens is 218 g/mol. The average Bonchev–Trinajstić information content (AvgIpc) is 2.70. The second kappa shape index (κ2) is 5.30. The van der Waals surface area contributed by atoms with Gasteiger partial charge in [-0.25, -0.2) is 0 Å². The molecule has 3 heteroatoms. The number of hydrogen-bond donors (Lipinski definition) is 2. The molecule has 0 amide bonds. The Hall–Kier alpha value is -0.380. The number of aliphatic hydroxyl groups is 1. The molecule has 1 aromatic heterocycles. The number of rotatable bonds is 4. The average molecular weight is 239 g/mol. The Bertz CT molecular complexity index is 302. The fraction of sp³-hybridized carbons (Fsp3) is 0.692. The highest BCUT2D eigenvalue weighted by Crippen LogP contribution is 2.30. The van der Waals surface area contributed by atoms with E-state index in [4.69, 9.17) is 5.73 Å². The molecule has 1 aliphatic carbocycles. The maximum Gasteiger partial charge on any atom is 0.118 e. The van der Waals surface area contributed by atoms with E-state index in [1.807, 2.05) is 17.5 Å². The van der Waals surface area contributed by atoms with Crippen molar-refractivity contribution in [1.82, 2.24) is 0 Å². The molecule has 0 radical (unpaired) electrons. The van der Waals surface area contributed by atoms with Crippen molar-refractivity contribution in [3.05, 3.63) is 22.4 Å². The van der Waals surface area contributed by atoms with Crippen LogP contribution in [-0.2, 0) is 6.42 Å². The second-order valence-electron chi connectivity index (χ2n) is 5.07. The van der Waals surface area contributed by atoms with Gasteiger partial charge in [0, 0.05) is 11.3 Å². The van der Waals surface area contributed by atoms with Crippen LogP contribution in [0.5, 0.6) is 0 Å². The lowest BCUT2D eigenvalue weighted by molar-refractivity contribution is 0.0167. The highest BCUT2D eigenvalue weighted by atomic mass is 32.1. The fourth-order valence-electron chi connectivity index (χ4n) is 2.68. The van der Waals surface area contributed by atoms with Crippen molar-refractivity contribution in [3.63, 3.8) is 0 Å². The van der Waals surface area contributed by atoms with Crippen LogP contribution in [0.2, 0.25) is 0 Å². The maximum absolute atomic E-state index is 10.2. The summed E-state index contributed by atoms with van der Waals surface area (Å²) in [6.45, 7) is 0. The van der Waals surface area contributed by atoms with Gasteiger partial charge in [0.1, 0.15) is 5.72 Å². The predicted octanol–water partition coefficient (Wildman–Crippen LogP) is 2.91. The molecule has 90 valence electrons. The van der Waals surface area contributed by atoms with Gasteiger partial charge in [0.05, 0.1) is 0 Å². The third-order valence-electron chi connectivity index (χ3n) is 3.43. The maximum atomic E-state index is 10.2. The molecule has 2 rings (SSSR count). The molecule has 0 aromatic carbocycles. The van der Waals surface area contributed by atoms with E-state index in [-0.39, 0.29) is 0 Å².